The minimum atomic E-state index is -2.78. The van der Waals surface area contributed by atoms with E-state index in [1.165, 1.54) is 82.7 Å². The summed E-state index contributed by atoms with van der Waals surface area (Å²) in [5, 5.41) is 6.12. The Bertz CT molecular complexity index is 1430. The van der Waals surface area contributed by atoms with Gasteiger partial charge in [-0.05, 0) is 123 Å². The van der Waals surface area contributed by atoms with Gasteiger partial charge in [-0.2, -0.15) is 0 Å². The SMILES string of the molecule is CC1=C(C)C(C)C([Si](c2cc(C)c(N(C)C)c(C)c2)(c2cc(C)c(N(C)C)c(C)c2)c2cc(C)c(N(C)C)c(C)c2)=C1C. The molecule has 1 aliphatic carbocycles. The second-order valence-corrected chi connectivity index (χ2v) is 17.6. The predicted octanol–water partition coefficient (Wildman–Crippen LogP) is 7.05. The lowest BCUT2D eigenvalue weighted by Gasteiger charge is -2.41. The maximum absolute atomic E-state index is 2.78. The summed E-state index contributed by atoms with van der Waals surface area (Å²) in [6, 6.07) is 15.2. The molecule has 4 heteroatoms. The molecule has 43 heavy (non-hydrogen) atoms. The van der Waals surface area contributed by atoms with Crippen LogP contribution in [-0.4, -0.2) is 50.4 Å². The number of nitrogens with zero attached hydrogens (tertiary/aromatic N) is 3. The van der Waals surface area contributed by atoms with Crippen molar-refractivity contribution < 1.29 is 0 Å². The van der Waals surface area contributed by atoms with E-state index >= 15 is 0 Å². The average molecular weight is 594 g/mol. The Labute approximate surface area is 263 Å². The van der Waals surface area contributed by atoms with E-state index in [1.54, 1.807) is 5.20 Å². The van der Waals surface area contributed by atoms with Crippen molar-refractivity contribution in [3.8, 4) is 0 Å². The average Bonchev–Trinajstić information content (AvgIpc) is 3.06. The summed E-state index contributed by atoms with van der Waals surface area (Å²) < 4.78 is 0. The molecule has 4 rings (SSSR count). The van der Waals surface area contributed by atoms with Gasteiger partial charge in [-0.1, -0.05) is 59.7 Å². The van der Waals surface area contributed by atoms with Crippen LogP contribution in [-0.2, 0) is 0 Å². The van der Waals surface area contributed by atoms with Crippen LogP contribution in [0.15, 0.2) is 58.3 Å². The van der Waals surface area contributed by atoms with Crippen molar-refractivity contribution in [1.29, 1.82) is 0 Å². The minimum Gasteiger partial charge on any atom is -0.377 e. The van der Waals surface area contributed by atoms with Crippen molar-refractivity contribution in [2.45, 2.75) is 69.2 Å². The Hall–Kier alpha value is -3.24. The lowest BCUT2D eigenvalue weighted by atomic mass is 10.1. The number of benzene rings is 3. The van der Waals surface area contributed by atoms with Crippen LogP contribution in [0.5, 0.6) is 0 Å². The van der Waals surface area contributed by atoms with Gasteiger partial charge >= 0.3 is 0 Å². The fourth-order valence-electron chi connectivity index (χ4n) is 8.57. The number of allylic oxidation sites excluding steroid dienone is 4. The van der Waals surface area contributed by atoms with E-state index in [0.29, 0.717) is 5.92 Å². The second kappa shape index (κ2) is 11.7. The highest BCUT2D eigenvalue weighted by molar-refractivity contribution is 7.16. The number of hydrogen-bond donors (Lipinski definition) is 0. The van der Waals surface area contributed by atoms with Gasteiger partial charge in [0.15, 0.2) is 8.07 Å². The van der Waals surface area contributed by atoms with Gasteiger partial charge in [0, 0.05) is 59.3 Å². The Morgan fingerprint density at radius 1 is 0.442 bits per heavy atom. The summed E-state index contributed by atoms with van der Waals surface area (Å²) in [5.41, 5.74) is 16.5. The molecule has 0 aromatic heterocycles. The van der Waals surface area contributed by atoms with Crippen LogP contribution in [0.2, 0.25) is 0 Å². The van der Waals surface area contributed by atoms with Gasteiger partial charge in [-0.25, -0.2) is 0 Å². The fourth-order valence-corrected chi connectivity index (χ4v) is 14.7. The summed E-state index contributed by atoms with van der Waals surface area (Å²) in [7, 11) is 10.2. The first-order valence-electron chi connectivity index (χ1n) is 15.7. The van der Waals surface area contributed by atoms with Crippen LogP contribution in [0.25, 0.3) is 0 Å². The molecule has 0 amide bonds. The molecule has 0 aliphatic heterocycles. The number of rotatable bonds is 7. The highest BCUT2D eigenvalue weighted by Crippen LogP contribution is 2.42. The molecule has 1 unspecified atom stereocenters. The smallest absolute Gasteiger partial charge is 0.176 e. The van der Waals surface area contributed by atoms with Crippen molar-refractivity contribution in [3.05, 3.63) is 91.7 Å². The van der Waals surface area contributed by atoms with Crippen molar-refractivity contribution in [3.63, 3.8) is 0 Å². The molecule has 3 aromatic rings. The summed E-state index contributed by atoms with van der Waals surface area (Å²) in [6.45, 7) is 23.4. The first-order valence-corrected chi connectivity index (χ1v) is 17.7. The Balaban J connectivity index is 2.32. The van der Waals surface area contributed by atoms with Crippen LogP contribution in [0.4, 0.5) is 17.1 Å². The Morgan fingerprint density at radius 3 is 0.884 bits per heavy atom. The van der Waals surface area contributed by atoms with Crippen LogP contribution in [0.1, 0.15) is 61.1 Å². The third-order valence-electron chi connectivity index (χ3n) is 10.2. The zero-order valence-corrected chi connectivity index (χ0v) is 30.9. The summed E-state index contributed by atoms with van der Waals surface area (Å²) in [6.07, 6.45) is 0. The fraction of sp³-hybridized carbons (Fsp3) is 0.436. The van der Waals surface area contributed by atoms with E-state index in [9.17, 15) is 0 Å². The largest absolute Gasteiger partial charge is 0.377 e. The Morgan fingerprint density at radius 2 is 0.698 bits per heavy atom. The minimum absolute atomic E-state index is 0.379. The molecule has 0 saturated heterocycles. The third-order valence-corrected chi connectivity index (χ3v) is 15.2. The maximum atomic E-state index is 2.54. The molecule has 230 valence electrons. The third kappa shape index (κ3) is 5.16. The van der Waals surface area contributed by atoms with Crippen LogP contribution in [0.3, 0.4) is 0 Å². The molecule has 1 aliphatic rings. The molecule has 3 aromatic carbocycles. The van der Waals surface area contributed by atoms with Gasteiger partial charge in [0.05, 0.1) is 0 Å². The van der Waals surface area contributed by atoms with Crippen molar-refractivity contribution in [1.82, 2.24) is 0 Å². The zero-order valence-electron chi connectivity index (χ0n) is 29.9. The number of anilines is 3. The second-order valence-electron chi connectivity index (χ2n) is 13.9. The van der Waals surface area contributed by atoms with E-state index < -0.39 is 8.07 Å². The molecule has 0 N–H and O–H groups in total. The molecule has 0 heterocycles. The predicted molar refractivity (Wildman–Crippen MR) is 196 cm³/mol. The molecule has 0 saturated carbocycles. The van der Waals surface area contributed by atoms with E-state index in [1.807, 2.05) is 0 Å². The van der Waals surface area contributed by atoms with E-state index in [-0.39, 0.29) is 0 Å². The van der Waals surface area contributed by atoms with Crippen molar-refractivity contribution >= 4 is 40.7 Å². The Kier molecular flexibility index (Phi) is 8.88. The van der Waals surface area contributed by atoms with Gasteiger partial charge in [-0.15, -0.1) is 0 Å². The normalized spacial score (nSPS) is 15.5. The zero-order chi connectivity index (χ0) is 32.3. The summed E-state index contributed by atoms with van der Waals surface area (Å²) in [4.78, 5) is 6.82. The van der Waals surface area contributed by atoms with Crippen LogP contribution in [0, 0.1) is 47.5 Å². The van der Waals surface area contributed by atoms with Gasteiger partial charge in [0.1, 0.15) is 0 Å². The van der Waals surface area contributed by atoms with Gasteiger partial charge in [-0.3, -0.25) is 0 Å². The van der Waals surface area contributed by atoms with Crippen molar-refractivity contribution in [2.24, 2.45) is 5.92 Å². The molecular weight excluding hydrogens is 539 g/mol. The highest BCUT2D eigenvalue weighted by Gasteiger charge is 2.49. The lowest BCUT2D eigenvalue weighted by molar-refractivity contribution is 0.851. The first-order chi connectivity index (χ1) is 20.0. The standard InChI is InChI=1S/C39H55N3Si/c1-23-17-33(18-24(2)36(23)40(11)12)43(39-31(9)29(7)30(8)32(39)10,34-19-25(3)37(41(13)14)26(4)20-34)35-21-27(5)38(42(15)16)28(6)22-35/h17-22,31H,1-16H3. The lowest BCUT2D eigenvalue weighted by Crippen LogP contribution is -2.70. The number of aryl methyl sites for hydroxylation is 6. The van der Waals surface area contributed by atoms with E-state index in [4.69, 9.17) is 0 Å². The first kappa shape index (κ1) is 32.7. The van der Waals surface area contributed by atoms with Gasteiger partial charge in [0.25, 0.3) is 0 Å². The van der Waals surface area contributed by atoms with Gasteiger partial charge < -0.3 is 14.7 Å². The topological polar surface area (TPSA) is 9.72 Å². The van der Waals surface area contributed by atoms with Crippen LogP contribution >= 0.6 is 0 Å². The molecule has 0 radical (unpaired) electrons. The molecule has 0 fully saturated rings. The molecule has 1 atom stereocenters. The quantitative estimate of drug-likeness (QED) is 0.215. The van der Waals surface area contributed by atoms with Crippen LogP contribution < -0.4 is 30.3 Å². The summed E-state index contributed by atoms with van der Waals surface area (Å²) >= 11 is 0. The monoisotopic (exact) mass is 593 g/mol. The molecule has 0 spiro atoms. The van der Waals surface area contributed by atoms with E-state index in [2.05, 4.69) is 163 Å². The molecule has 3 nitrogen and oxygen atoms in total. The van der Waals surface area contributed by atoms with Gasteiger partial charge in [0.2, 0.25) is 0 Å². The van der Waals surface area contributed by atoms with E-state index in [0.717, 1.165) is 0 Å². The number of hydrogen-bond acceptors (Lipinski definition) is 3. The highest BCUT2D eigenvalue weighted by atomic mass is 28.3. The maximum Gasteiger partial charge on any atom is 0.176 e. The summed E-state index contributed by atoms with van der Waals surface area (Å²) in [5.74, 6) is 0.379. The molecule has 0 bridgehead atoms. The molecular formula is C39H55N3Si. The van der Waals surface area contributed by atoms with Crippen molar-refractivity contribution in [2.75, 3.05) is 57.0 Å².